The number of carbonyl (C=O) groups excluding carboxylic acids is 1. The van der Waals surface area contributed by atoms with Gasteiger partial charge in [-0.1, -0.05) is 22.0 Å². The Bertz CT molecular complexity index is 557. The minimum atomic E-state index is -0.0666. The minimum absolute atomic E-state index is 0.0666. The van der Waals surface area contributed by atoms with Crippen LogP contribution in [0.3, 0.4) is 0 Å². The molecule has 1 atom stereocenters. The Kier molecular flexibility index (Phi) is 5.26. The van der Waals surface area contributed by atoms with Crippen molar-refractivity contribution in [2.75, 3.05) is 11.9 Å². The number of carbonyl (C=O) groups is 1. The molecule has 0 saturated carbocycles. The minimum Gasteiger partial charge on any atom is -0.325 e. The molecule has 0 aliphatic carbocycles. The number of hydrogen-bond acceptors (Lipinski definition) is 3. The van der Waals surface area contributed by atoms with E-state index in [-0.39, 0.29) is 18.5 Å². The number of anilines is 1. The van der Waals surface area contributed by atoms with E-state index in [1.54, 1.807) is 12.4 Å². The van der Waals surface area contributed by atoms with Gasteiger partial charge in [0.05, 0.1) is 6.54 Å². The molecular weight excluding hydrogens is 318 g/mol. The monoisotopic (exact) mass is 333 g/mol. The van der Waals surface area contributed by atoms with Crippen LogP contribution in [0.25, 0.3) is 0 Å². The van der Waals surface area contributed by atoms with E-state index >= 15 is 0 Å². The maximum atomic E-state index is 11.8. The van der Waals surface area contributed by atoms with Crippen molar-refractivity contribution in [3.05, 3.63) is 58.8 Å². The molecule has 2 rings (SSSR count). The van der Waals surface area contributed by atoms with Gasteiger partial charge in [-0.25, -0.2) is 0 Å². The van der Waals surface area contributed by atoms with Gasteiger partial charge in [-0.3, -0.25) is 9.78 Å². The number of amides is 1. The molecule has 2 aromatic rings. The molecule has 5 heteroatoms. The van der Waals surface area contributed by atoms with Gasteiger partial charge >= 0.3 is 0 Å². The second kappa shape index (κ2) is 7.17. The van der Waals surface area contributed by atoms with Crippen LogP contribution in [0.5, 0.6) is 0 Å². The van der Waals surface area contributed by atoms with Crippen molar-refractivity contribution in [2.45, 2.75) is 13.0 Å². The van der Waals surface area contributed by atoms with Crippen LogP contribution in [0.1, 0.15) is 18.5 Å². The fourth-order valence-corrected chi connectivity index (χ4v) is 2.00. The van der Waals surface area contributed by atoms with E-state index in [1.165, 1.54) is 0 Å². The number of aromatic nitrogens is 1. The van der Waals surface area contributed by atoms with Crippen molar-refractivity contribution in [1.29, 1.82) is 0 Å². The zero-order valence-corrected chi connectivity index (χ0v) is 12.7. The normalized spacial score (nSPS) is 11.9. The molecule has 0 spiro atoms. The highest BCUT2D eigenvalue weighted by Gasteiger charge is 2.07. The molecule has 1 unspecified atom stereocenters. The van der Waals surface area contributed by atoms with Crippen LogP contribution in [0.4, 0.5) is 5.69 Å². The third-order valence-corrected chi connectivity index (χ3v) is 3.41. The van der Waals surface area contributed by atoms with E-state index < -0.39 is 0 Å². The number of nitrogens with zero attached hydrogens (tertiary/aromatic N) is 1. The molecule has 20 heavy (non-hydrogen) atoms. The van der Waals surface area contributed by atoms with Gasteiger partial charge in [0.1, 0.15) is 0 Å². The first-order chi connectivity index (χ1) is 9.65. The van der Waals surface area contributed by atoms with Gasteiger partial charge in [-0.2, -0.15) is 0 Å². The molecule has 104 valence electrons. The summed E-state index contributed by atoms with van der Waals surface area (Å²) in [6.07, 6.45) is 3.53. The summed E-state index contributed by atoms with van der Waals surface area (Å²) >= 11 is 3.36. The first-order valence-electron chi connectivity index (χ1n) is 6.34. The second-order valence-corrected chi connectivity index (χ2v) is 5.36. The summed E-state index contributed by atoms with van der Waals surface area (Å²) in [5.74, 6) is -0.0666. The summed E-state index contributed by atoms with van der Waals surface area (Å²) in [6, 6.07) is 11.4. The van der Waals surface area contributed by atoms with Gasteiger partial charge in [-0.05, 0) is 42.8 Å². The first kappa shape index (κ1) is 14.7. The van der Waals surface area contributed by atoms with Crippen LogP contribution in [-0.4, -0.2) is 17.4 Å². The quantitative estimate of drug-likeness (QED) is 0.883. The lowest BCUT2D eigenvalue weighted by Crippen LogP contribution is -2.30. The highest BCUT2D eigenvalue weighted by molar-refractivity contribution is 9.10. The van der Waals surface area contributed by atoms with Crippen molar-refractivity contribution < 1.29 is 4.79 Å². The Labute approximate surface area is 126 Å². The van der Waals surface area contributed by atoms with Gasteiger partial charge in [-0.15, -0.1) is 0 Å². The molecule has 0 fully saturated rings. The summed E-state index contributed by atoms with van der Waals surface area (Å²) < 4.78 is 0.985. The maximum Gasteiger partial charge on any atom is 0.238 e. The van der Waals surface area contributed by atoms with Crippen LogP contribution in [0, 0.1) is 0 Å². The van der Waals surface area contributed by atoms with E-state index in [2.05, 4.69) is 31.5 Å². The Hall–Kier alpha value is -1.72. The van der Waals surface area contributed by atoms with Crippen LogP contribution >= 0.6 is 15.9 Å². The Balaban J connectivity index is 1.82. The topological polar surface area (TPSA) is 54.0 Å². The van der Waals surface area contributed by atoms with E-state index in [9.17, 15) is 4.79 Å². The summed E-state index contributed by atoms with van der Waals surface area (Å²) in [7, 11) is 0. The summed E-state index contributed by atoms with van der Waals surface area (Å²) in [5, 5.41) is 6.01. The fourth-order valence-electron chi connectivity index (χ4n) is 1.73. The molecule has 0 radical (unpaired) electrons. The van der Waals surface area contributed by atoms with E-state index in [4.69, 9.17) is 0 Å². The largest absolute Gasteiger partial charge is 0.325 e. The SMILES string of the molecule is CC(NCC(=O)Nc1ccc(Br)cc1)c1cccnc1. The van der Waals surface area contributed by atoms with E-state index in [1.807, 2.05) is 43.3 Å². The van der Waals surface area contributed by atoms with Crippen LogP contribution in [0.2, 0.25) is 0 Å². The van der Waals surface area contributed by atoms with Gasteiger partial charge in [0.2, 0.25) is 5.91 Å². The molecule has 4 nitrogen and oxygen atoms in total. The third-order valence-electron chi connectivity index (χ3n) is 2.88. The van der Waals surface area contributed by atoms with Crippen LogP contribution in [-0.2, 0) is 4.79 Å². The maximum absolute atomic E-state index is 11.8. The van der Waals surface area contributed by atoms with E-state index in [0.717, 1.165) is 15.7 Å². The number of benzene rings is 1. The molecule has 0 aliphatic heterocycles. The molecule has 1 amide bonds. The lowest BCUT2D eigenvalue weighted by molar-refractivity contribution is -0.115. The number of halogens is 1. The highest BCUT2D eigenvalue weighted by Crippen LogP contribution is 2.14. The lowest BCUT2D eigenvalue weighted by atomic mass is 10.1. The summed E-state index contributed by atoms with van der Waals surface area (Å²) in [6.45, 7) is 2.26. The van der Waals surface area contributed by atoms with Gasteiger partial charge in [0, 0.05) is 28.6 Å². The molecule has 2 N–H and O–H groups in total. The number of rotatable bonds is 5. The molecule has 1 aromatic heterocycles. The van der Waals surface area contributed by atoms with Gasteiger partial charge in [0.25, 0.3) is 0 Å². The fraction of sp³-hybridized carbons (Fsp3) is 0.200. The standard InChI is InChI=1S/C15H16BrN3O/c1-11(12-3-2-8-17-9-12)18-10-15(20)19-14-6-4-13(16)5-7-14/h2-9,11,18H,10H2,1H3,(H,19,20). The summed E-state index contributed by atoms with van der Waals surface area (Å²) in [5.41, 5.74) is 1.85. The molecular formula is C15H16BrN3O. The molecule has 1 aromatic carbocycles. The van der Waals surface area contributed by atoms with Gasteiger partial charge < -0.3 is 10.6 Å². The third kappa shape index (κ3) is 4.43. The van der Waals surface area contributed by atoms with Crippen molar-refractivity contribution in [1.82, 2.24) is 10.3 Å². The first-order valence-corrected chi connectivity index (χ1v) is 7.13. The Morgan fingerprint density at radius 2 is 2.05 bits per heavy atom. The second-order valence-electron chi connectivity index (χ2n) is 4.44. The predicted octanol–water partition coefficient (Wildman–Crippen LogP) is 3.13. The zero-order valence-electron chi connectivity index (χ0n) is 11.1. The van der Waals surface area contributed by atoms with E-state index in [0.29, 0.717) is 0 Å². The number of pyridine rings is 1. The lowest BCUT2D eigenvalue weighted by Gasteiger charge is -2.13. The molecule has 0 bridgehead atoms. The Morgan fingerprint density at radius 3 is 2.70 bits per heavy atom. The zero-order chi connectivity index (χ0) is 14.4. The molecule has 0 aliphatic rings. The molecule has 1 heterocycles. The number of hydrogen-bond donors (Lipinski definition) is 2. The van der Waals surface area contributed by atoms with Crippen molar-refractivity contribution in [3.8, 4) is 0 Å². The smallest absolute Gasteiger partial charge is 0.238 e. The molecule has 0 saturated heterocycles. The average molecular weight is 334 g/mol. The van der Waals surface area contributed by atoms with Crippen LogP contribution < -0.4 is 10.6 Å². The van der Waals surface area contributed by atoms with Crippen molar-refractivity contribution in [3.63, 3.8) is 0 Å². The van der Waals surface area contributed by atoms with Crippen molar-refractivity contribution in [2.24, 2.45) is 0 Å². The number of nitrogens with one attached hydrogen (secondary N) is 2. The van der Waals surface area contributed by atoms with Gasteiger partial charge in [0.15, 0.2) is 0 Å². The predicted molar refractivity (Wildman–Crippen MR) is 83.4 cm³/mol. The summed E-state index contributed by atoms with van der Waals surface area (Å²) in [4.78, 5) is 15.9. The highest BCUT2D eigenvalue weighted by atomic mass is 79.9. The Morgan fingerprint density at radius 1 is 1.30 bits per heavy atom. The van der Waals surface area contributed by atoms with Crippen LogP contribution in [0.15, 0.2) is 53.3 Å². The van der Waals surface area contributed by atoms with Crippen molar-refractivity contribution >= 4 is 27.5 Å². The average Bonchev–Trinajstić information content (AvgIpc) is 2.48.